The van der Waals surface area contributed by atoms with Gasteiger partial charge in [0, 0.05) is 33.8 Å². The standard InChI is InChI=1S/C19H17ClN2O4S/c1-24-15-8-13(9-16(25-2)17(15)26-3)21-18(23)14-10-27-19(22-14)11-4-6-12(20)7-5-11/h4-10H,1-3H3,(H,21,23). The van der Waals surface area contributed by atoms with Gasteiger partial charge in [-0.25, -0.2) is 4.98 Å². The largest absolute Gasteiger partial charge is 0.493 e. The van der Waals surface area contributed by atoms with Gasteiger partial charge in [-0.15, -0.1) is 11.3 Å². The number of rotatable bonds is 6. The minimum Gasteiger partial charge on any atom is -0.493 e. The zero-order chi connectivity index (χ0) is 19.4. The monoisotopic (exact) mass is 404 g/mol. The SMILES string of the molecule is COc1cc(NC(=O)c2csc(-c3ccc(Cl)cc3)n2)cc(OC)c1OC. The minimum absolute atomic E-state index is 0.318. The van der Waals surface area contributed by atoms with Crippen LogP contribution in [-0.4, -0.2) is 32.2 Å². The topological polar surface area (TPSA) is 69.7 Å². The van der Waals surface area contributed by atoms with E-state index in [1.807, 2.05) is 12.1 Å². The van der Waals surface area contributed by atoms with Gasteiger partial charge in [-0.2, -0.15) is 0 Å². The smallest absolute Gasteiger partial charge is 0.275 e. The molecule has 0 unspecified atom stereocenters. The molecule has 0 aliphatic carbocycles. The van der Waals surface area contributed by atoms with Crippen LogP contribution in [-0.2, 0) is 0 Å². The number of nitrogens with one attached hydrogen (secondary N) is 1. The number of aromatic nitrogens is 1. The molecule has 3 aromatic rings. The first-order valence-electron chi connectivity index (χ1n) is 7.88. The Hall–Kier alpha value is -2.77. The lowest BCUT2D eigenvalue weighted by molar-refractivity contribution is 0.102. The van der Waals surface area contributed by atoms with Crippen LogP contribution in [0.2, 0.25) is 5.02 Å². The average Bonchev–Trinajstić information content (AvgIpc) is 3.18. The number of nitrogens with zero attached hydrogens (tertiary/aromatic N) is 1. The van der Waals surface area contributed by atoms with Crippen molar-refractivity contribution >= 4 is 34.5 Å². The molecule has 6 nitrogen and oxygen atoms in total. The Bertz CT molecular complexity index is 932. The summed E-state index contributed by atoms with van der Waals surface area (Å²) in [5.41, 5.74) is 1.73. The molecule has 0 spiro atoms. The van der Waals surface area contributed by atoms with Crippen LogP contribution in [0.15, 0.2) is 41.8 Å². The molecule has 1 amide bonds. The maximum absolute atomic E-state index is 12.6. The lowest BCUT2D eigenvalue weighted by Gasteiger charge is -2.14. The lowest BCUT2D eigenvalue weighted by atomic mass is 10.2. The van der Waals surface area contributed by atoms with Gasteiger partial charge in [0.05, 0.1) is 21.3 Å². The predicted molar refractivity (Wildman–Crippen MR) is 107 cm³/mol. The number of benzene rings is 2. The molecular weight excluding hydrogens is 388 g/mol. The van der Waals surface area contributed by atoms with E-state index in [-0.39, 0.29) is 5.91 Å². The first-order chi connectivity index (χ1) is 13.0. The molecule has 0 radical (unpaired) electrons. The molecule has 0 atom stereocenters. The maximum Gasteiger partial charge on any atom is 0.275 e. The van der Waals surface area contributed by atoms with E-state index in [0.29, 0.717) is 33.7 Å². The summed E-state index contributed by atoms with van der Waals surface area (Å²) in [4.78, 5) is 17.0. The highest BCUT2D eigenvalue weighted by atomic mass is 35.5. The van der Waals surface area contributed by atoms with Gasteiger partial charge < -0.3 is 19.5 Å². The fourth-order valence-electron chi connectivity index (χ4n) is 2.45. The van der Waals surface area contributed by atoms with Crippen molar-refractivity contribution in [3.63, 3.8) is 0 Å². The summed E-state index contributed by atoms with van der Waals surface area (Å²) in [6.45, 7) is 0. The van der Waals surface area contributed by atoms with Gasteiger partial charge in [-0.05, 0) is 12.1 Å². The van der Waals surface area contributed by atoms with Crippen molar-refractivity contribution in [1.82, 2.24) is 4.98 Å². The van der Waals surface area contributed by atoms with Crippen LogP contribution in [0.5, 0.6) is 17.2 Å². The van der Waals surface area contributed by atoms with E-state index >= 15 is 0 Å². The van der Waals surface area contributed by atoms with Crippen molar-refractivity contribution in [2.24, 2.45) is 0 Å². The molecule has 1 heterocycles. The Kier molecular flexibility index (Phi) is 5.83. The predicted octanol–water partition coefficient (Wildman–Crippen LogP) is 4.74. The molecule has 0 aliphatic rings. The Morgan fingerprint density at radius 1 is 1.04 bits per heavy atom. The second-order valence-corrected chi connectivity index (χ2v) is 6.71. The van der Waals surface area contributed by atoms with Gasteiger partial charge in [0.2, 0.25) is 5.75 Å². The third kappa shape index (κ3) is 4.15. The summed E-state index contributed by atoms with van der Waals surface area (Å²) < 4.78 is 15.9. The number of amides is 1. The zero-order valence-corrected chi connectivity index (χ0v) is 16.5. The number of carbonyl (C=O) groups is 1. The number of methoxy groups -OCH3 is 3. The van der Waals surface area contributed by atoms with Crippen molar-refractivity contribution in [1.29, 1.82) is 0 Å². The van der Waals surface area contributed by atoms with Gasteiger partial charge in [0.1, 0.15) is 10.7 Å². The van der Waals surface area contributed by atoms with Crippen LogP contribution in [0, 0.1) is 0 Å². The molecule has 27 heavy (non-hydrogen) atoms. The highest BCUT2D eigenvalue weighted by Crippen LogP contribution is 2.40. The number of thiazole rings is 1. The molecule has 0 saturated heterocycles. The number of hydrogen-bond donors (Lipinski definition) is 1. The summed E-state index contributed by atoms with van der Waals surface area (Å²) in [5.74, 6) is 1.02. The number of hydrogen-bond acceptors (Lipinski definition) is 6. The van der Waals surface area contributed by atoms with Crippen LogP contribution in [0.4, 0.5) is 5.69 Å². The molecule has 3 rings (SSSR count). The molecule has 0 fully saturated rings. The quantitative estimate of drug-likeness (QED) is 0.642. The number of carbonyl (C=O) groups excluding carboxylic acids is 1. The van der Waals surface area contributed by atoms with E-state index in [0.717, 1.165) is 10.6 Å². The van der Waals surface area contributed by atoms with E-state index < -0.39 is 0 Å². The molecule has 2 aromatic carbocycles. The Labute approximate surface area is 165 Å². The van der Waals surface area contributed by atoms with Crippen LogP contribution >= 0.6 is 22.9 Å². The van der Waals surface area contributed by atoms with Gasteiger partial charge in [-0.3, -0.25) is 4.79 Å². The first-order valence-corrected chi connectivity index (χ1v) is 9.14. The molecule has 0 aliphatic heterocycles. The maximum atomic E-state index is 12.6. The van der Waals surface area contributed by atoms with E-state index in [4.69, 9.17) is 25.8 Å². The Morgan fingerprint density at radius 3 is 2.22 bits per heavy atom. The van der Waals surface area contributed by atoms with Gasteiger partial charge in [0.25, 0.3) is 5.91 Å². The van der Waals surface area contributed by atoms with Gasteiger partial charge >= 0.3 is 0 Å². The second kappa shape index (κ2) is 8.28. The van der Waals surface area contributed by atoms with E-state index in [9.17, 15) is 4.79 Å². The number of ether oxygens (including phenoxy) is 3. The second-order valence-electron chi connectivity index (χ2n) is 5.41. The molecule has 0 bridgehead atoms. The van der Waals surface area contributed by atoms with Gasteiger partial charge in [-0.1, -0.05) is 23.7 Å². The molecule has 1 aromatic heterocycles. The first kappa shape index (κ1) is 19.0. The third-order valence-electron chi connectivity index (χ3n) is 3.75. The fourth-order valence-corrected chi connectivity index (χ4v) is 3.38. The molecule has 1 N–H and O–H groups in total. The Morgan fingerprint density at radius 2 is 1.67 bits per heavy atom. The average molecular weight is 405 g/mol. The highest BCUT2D eigenvalue weighted by molar-refractivity contribution is 7.13. The van der Waals surface area contributed by atoms with Crippen LogP contribution < -0.4 is 19.5 Å². The summed E-state index contributed by atoms with van der Waals surface area (Å²) >= 11 is 7.29. The molecule has 0 saturated carbocycles. The van der Waals surface area contributed by atoms with E-state index in [1.165, 1.54) is 32.7 Å². The Balaban J connectivity index is 1.82. The van der Waals surface area contributed by atoms with Crippen LogP contribution in [0.25, 0.3) is 10.6 Å². The summed E-state index contributed by atoms with van der Waals surface area (Å²) in [7, 11) is 4.55. The van der Waals surface area contributed by atoms with Crippen molar-refractivity contribution in [2.75, 3.05) is 26.6 Å². The lowest BCUT2D eigenvalue weighted by Crippen LogP contribution is -2.12. The number of anilines is 1. The van der Waals surface area contributed by atoms with E-state index in [2.05, 4.69) is 10.3 Å². The molecule has 140 valence electrons. The van der Waals surface area contributed by atoms with Crippen molar-refractivity contribution in [3.05, 3.63) is 52.5 Å². The van der Waals surface area contributed by atoms with Crippen molar-refractivity contribution < 1.29 is 19.0 Å². The van der Waals surface area contributed by atoms with E-state index in [1.54, 1.807) is 29.6 Å². The summed E-state index contributed by atoms with van der Waals surface area (Å²) in [5, 5.41) is 5.89. The van der Waals surface area contributed by atoms with Gasteiger partial charge in [0.15, 0.2) is 11.5 Å². The normalized spacial score (nSPS) is 10.4. The molecular formula is C19H17ClN2O4S. The number of halogens is 1. The highest BCUT2D eigenvalue weighted by Gasteiger charge is 2.17. The van der Waals surface area contributed by atoms with Crippen LogP contribution in [0.3, 0.4) is 0 Å². The van der Waals surface area contributed by atoms with Crippen molar-refractivity contribution in [2.45, 2.75) is 0 Å². The third-order valence-corrected chi connectivity index (χ3v) is 4.89. The molecule has 8 heteroatoms. The van der Waals surface area contributed by atoms with Crippen molar-refractivity contribution in [3.8, 4) is 27.8 Å². The summed E-state index contributed by atoms with van der Waals surface area (Å²) in [6.07, 6.45) is 0. The summed E-state index contributed by atoms with van der Waals surface area (Å²) in [6, 6.07) is 10.6. The zero-order valence-electron chi connectivity index (χ0n) is 14.9. The minimum atomic E-state index is -0.333. The van der Waals surface area contributed by atoms with Crippen LogP contribution in [0.1, 0.15) is 10.5 Å². The fraction of sp³-hybridized carbons (Fsp3) is 0.158.